The van der Waals surface area contributed by atoms with E-state index in [1.165, 1.54) is 0 Å². The average molecular weight is 248 g/mol. The van der Waals surface area contributed by atoms with Crippen LogP contribution in [0.5, 0.6) is 0 Å². The summed E-state index contributed by atoms with van der Waals surface area (Å²) in [6, 6.07) is 0. The van der Waals surface area contributed by atoms with Gasteiger partial charge in [0, 0.05) is 24.6 Å². The van der Waals surface area contributed by atoms with Crippen LogP contribution >= 0.6 is 0 Å². The largest absolute Gasteiger partial charge is 0.466 e. The molecule has 1 saturated heterocycles. The van der Waals surface area contributed by atoms with E-state index in [0.717, 1.165) is 0 Å². The van der Waals surface area contributed by atoms with Gasteiger partial charge in [-0.05, 0) is 6.92 Å². The van der Waals surface area contributed by atoms with Gasteiger partial charge in [0.2, 0.25) is 0 Å². The van der Waals surface area contributed by atoms with Gasteiger partial charge in [-0.2, -0.15) is 4.36 Å². The zero-order valence-corrected chi connectivity index (χ0v) is 10.0. The SMILES string of the molecule is CCOC(=O)CC(=O)N=S1(=O)CCNCC1. The second kappa shape index (κ2) is 5.95. The summed E-state index contributed by atoms with van der Waals surface area (Å²) in [6.07, 6.45) is -0.418. The molecule has 0 spiro atoms. The van der Waals surface area contributed by atoms with E-state index < -0.39 is 28.0 Å². The topological polar surface area (TPSA) is 84.8 Å². The third kappa shape index (κ3) is 4.28. The molecule has 1 N–H and O–H groups in total. The maximum absolute atomic E-state index is 12.0. The van der Waals surface area contributed by atoms with Crippen LogP contribution in [0.2, 0.25) is 0 Å². The maximum atomic E-state index is 12.0. The number of carbonyl (C=O) groups excluding carboxylic acids is 2. The Morgan fingerprint density at radius 1 is 1.38 bits per heavy atom. The summed E-state index contributed by atoms with van der Waals surface area (Å²) in [5, 5.41) is 3.03. The minimum absolute atomic E-state index is 0.228. The molecule has 0 bridgehead atoms. The number of nitrogens with zero attached hydrogens (tertiary/aromatic N) is 1. The van der Waals surface area contributed by atoms with Crippen molar-refractivity contribution in [1.82, 2.24) is 5.32 Å². The maximum Gasteiger partial charge on any atom is 0.315 e. The molecule has 1 heterocycles. The van der Waals surface area contributed by atoms with E-state index in [1.807, 2.05) is 0 Å². The molecule has 1 fully saturated rings. The molecule has 0 atom stereocenters. The minimum atomic E-state index is -2.44. The number of amides is 1. The molecule has 1 rings (SSSR count). The zero-order chi connectivity index (χ0) is 12.0. The van der Waals surface area contributed by atoms with Crippen LogP contribution in [-0.2, 0) is 24.1 Å². The normalized spacial score (nSPS) is 18.8. The van der Waals surface area contributed by atoms with Gasteiger partial charge < -0.3 is 10.1 Å². The van der Waals surface area contributed by atoms with Crippen molar-refractivity contribution in [3.05, 3.63) is 0 Å². The van der Waals surface area contributed by atoms with Crippen molar-refractivity contribution in [3.8, 4) is 0 Å². The Bertz CT molecular complexity index is 373. The molecule has 1 aliphatic heterocycles. The van der Waals surface area contributed by atoms with Crippen LogP contribution in [0.15, 0.2) is 4.36 Å². The lowest BCUT2D eigenvalue weighted by Gasteiger charge is -2.15. The molecule has 7 heteroatoms. The molecule has 0 aromatic heterocycles. The third-order valence-corrected chi connectivity index (χ3v) is 4.29. The van der Waals surface area contributed by atoms with Gasteiger partial charge in [0.25, 0.3) is 5.91 Å². The van der Waals surface area contributed by atoms with Gasteiger partial charge in [-0.25, -0.2) is 4.21 Å². The van der Waals surface area contributed by atoms with Crippen LogP contribution in [0, 0.1) is 0 Å². The first-order chi connectivity index (χ1) is 7.56. The Hall–Kier alpha value is -0.950. The summed E-state index contributed by atoms with van der Waals surface area (Å²) in [5.41, 5.74) is 0. The molecule has 1 aliphatic rings. The lowest BCUT2D eigenvalue weighted by Crippen LogP contribution is -2.36. The number of rotatable bonds is 3. The molecular weight excluding hydrogens is 232 g/mol. The van der Waals surface area contributed by atoms with E-state index in [0.29, 0.717) is 24.6 Å². The molecule has 0 unspecified atom stereocenters. The molecule has 0 saturated carbocycles. The second-order valence-electron chi connectivity index (χ2n) is 3.40. The van der Waals surface area contributed by atoms with E-state index >= 15 is 0 Å². The van der Waals surface area contributed by atoms with E-state index in [2.05, 4.69) is 14.4 Å². The minimum Gasteiger partial charge on any atom is -0.466 e. The van der Waals surface area contributed by atoms with Gasteiger partial charge in [-0.3, -0.25) is 9.59 Å². The first kappa shape index (κ1) is 13.1. The van der Waals surface area contributed by atoms with E-state index in [9.17, 15) is 13.8 Å². The predicted molar refractivity (Wildman–Crippen MR) is 59.4 cm³/mol. The van der Waals surface area contributed by atoms with Crippen molar-refractivity contribution >= 4 is 21.6 Å². The third-order valence-electron chi connectivity index (χ3n) is 2.06. The molecule has 16 heavy (non-hydrogen) atoms. The van der Waals surface area contributed by atoms with Crippen LogP contribution in [0.4, 0.5) is 0 Å². The van der Waals surface area contributed by atoms with Crippen LogP contribution in [0.1, 0.15) is 13.3 Å². The monoisotopic (exact) mass is 248 g/mol. The Morgan fingerprint density at radius 3 is 2.56 bits per heavy atom. The van der Waals surface area contributed by atoms with Gasteiger partial charge in [0.1, 0.15) is 6.42 Å². The zero-order valence-electron chi connectivity index (χ0n) is 9.23. The van der Waals surface area contributed by atoms with E-state index in [1.54, 1.807) is 6.92 Å². The molecule has 1 amide bonds. The molecule has 0 aromatic rings. The van der Waals surface area contributed by atoms with Gasteiger partial charge in [0.05, 0.1) is 16.3 Å². The highest BCUT2D eigenvalue weighted by molar-refractivity contribution is 7.94. The fourth-order valence-electron chi connectivity index (χ4n) is 1.33. The van der Waals surface area contributed by atoms with Crippen molar-refractivity contribution in [2.24, 2.45) is 4.36 Å². The quantitative estimate of drug-likeness (QED) is 0.539. The molecule has 0 aliphatic carbocycles. The fourth-order valence-corrected chi connectivity index (χ4v) is 3.08. The fraction of sp³-hybridized carbons (Fsp3) is 0.778. The summed E-state index contributed by atoms with van der Waals surface area (Å²) >= 11 is 0. The Balaban J connectivity index is 2.58. The van der Waals surface area contributed by atoms with Gasteiger partial charge >= 0.3 is 5.97 Å². The highest BCUT2D eigenvalue weighted by Gasteiger charge is 2.17. The molecule has 6 nitrogen and oxygen atoms in total. The van der Waals surface area contributed by atoms with E-state index in [4.69, 9.17) is 0 Å². The standard InChI is InChI=1S/C9H16N2O4S/c1-2-15-9(13)7-8(12)11-16(14)5-3-10-4-6-16/h10H,2-7H2,1H3. The van der Waals surface area contributed by atoms with Crippen LogP contribution in [0.3, 0.4) is 0 Å². The highest BCUT2D eigenvalue weighted by Crippen LogP contribution is 2.02. The highest BCUT2D eigenvalue weighted by atomic mass is 32.2. The predicted octanol–water partition coefficient (Wildman–Crippen LogP) is -0.463. The first-order valence-corrected chi connectivity index (χ1v) is 7.03. The first-order valence-electron chi connectivity index (χ1n) is 5.17. The van der Waals surface area contributed by atoms with Crippen LogP contribution in [0.25, 0.3) is 0 Å². The smallest absolute Gasteiger partial charge is 0.315 e. The lowest BCUT2D eigenvalue weighted by atomic mass is 10.4. The molecule has 0 aromatic carbocycles. The summed E-state index contributed by atoms with van der Waals surface area (Å²) in [5.74, 6) is -0.540. The summed E-state index contributed by atoms with van der Waals surface area (Å²) in [4.78, 5) is 22.3. The molecular formula is C9H16N2O4S. The summed E-state index contributed by atoms with van der Waals surface area (Å²) < 4.78 is 20.2. The number of hydrogen-bond acceptors (Lipinski definition) is 5. The average Bonchev–Trinajstić information content (AvgIpc) is 2.17. The van der Waals surface area contributed by atoms with Crippen LogP contribution < -0.4 is 5.32 Å². The number of carbonyl (C=O) groups is 2. The number of nitrogens with one attached hydrogen (secondary N) is 1. The van der Waals surface area contributed by atoms with Crippen molar-refractivity contribution in [2.75, 3.05) is 31.2 Å². The second-order valence-corrected chi connectivity index (χ2v) is 5.94. The lowest BCUT2D eigenvalue weighted by molar-refractivity contribution is -0.145. The van der Waals surface area contributed by atoms with Gasteiger partial charge in [0.15, 0.2) is 0 Å². The van der Waals surface area contributed by atoms with E-state index in [-0.39, 0.29) is 6.61 Å². The Labute approximate surface area is 94.9 Å². The number of hydrogen-bond donors (Lipinski definition) is 1. The van der Waals surface area contributed by atoms with Gasteiger partial charge in [-0.15, -0.1) is 0 Å². The molecule has 92 valence electrons. The summed E-state index contributed by atoms with van der Waals surface area (Å²) in [7, 11) is -2.44. The van der Waals surface area contributed by atoms with Crippen molar-refractivity contribution < 1.29 is 18.5 Å². The molecule has 0 radical (unpaired) electrons. The Morgan fingerprint density at radius 2 is 2.00 bits per heavy atom. The van der Waals surface area contributed by atoms with Crippen molar-refractivity contribution in [2.45, 2.75) is 13.3 Å². The number of ether oxygens (including phenoxy) is 1. The van der Waals surface area contributed by atoms with Gasteiger partial charge in [-0.1, -0.05) is 0 Å². The van der Waals surface area contributed by atoms with Crippen molar-refractivity contribution in [1.29, 1.82) is 0 Å². The summed E-state index contributed by atoms with van der Waals surface area (Å²) in [6.45, 7) is 3.07. The number of esters is 1. The Kier molecular flexibility index (Phi) is 4.88. The van der Waals surface area contributed by atoms with Crippen molar-refractivity contribution in [3.63, 3.8) is 0 Å². The van der Waals surface area contributed by atoms with Crippen LogP contribution in [-0.4, -0.2) is 47.3 Å².